The van der Waals surface area contributed by atoms with E-state index in [0.717, 1.165) is 32.1 Å². The summed E-state index contributed by atoms with van der Waals surface area (Å²) in [6.45, 7) is 4.08. The van der Waals surface area contributed by atoms with Crippen LogP contribution < -0.4 is 5.32 Å². The molecule has 0 aliphatic rings. The van der Waals surface area contributed by atoms with Gasteiger partial charge in [0, 0.05) is 0 Å². The molecule has 0 aliphatic heterocycles. The van der Waals surface area contributed by atoms with Crippen molar-refractivity contribution in [3.8, 4) is 0 Å². The zero-order valence-corrected chi connectivity index (χ0v) is 34.1. The summed E-state index contributed by atoms with van der Waals surface area (Å²) >= 11 is 0. The standard InChI is InChI=1S/C45H89NO5/c1-3-5-7-9-11-13-15-16-17-18-19-20-21-22-23-24-25-26-27-29-31-33-35-37-44(50)45(51)46-42(40-47)43(49)39-38-41(48)36-34-32-30-28-14-12-10-8-6-4-2/h38-39,41-44,47-50H,3-37,40H2,1-2H3,(H,46,51)/b39-38+/t41-,42+,43-,44?/m1/s1. The second-order valence-electron chi connectivity index (χ2n) is 15.8. The van der Waals surface area contributed by atoms with Crippen molar-refractivity contribution in [3.63, 3.8) is 0 Å². The van der Waals surface area contributed by atoms with E-state index in [1.807, 2.05) is 0 Å². The van der Waals surface area contributed by atoms with Gasteiger partial charge in [-0.25, -0.2) is 0 Å². The molecule has 0 saturated heterocycles. The maximum atomic E-state index is 12.5. The van der Waals surface area contributed by atoms with E-state index in [1.54, 1.807) is 6.08 Å². The molecular weight excluding hydrogens is 634 g/mol. The van der Waals surface area contributed by atoms with E-state index in [-0.39, 0.29) is 0 Å². The van der Waals surface area contributed by atoms with Crippen LogP contribution in [0.25, 0.3) is 0 Å². The number of nitrogens with one attached hydrogen (secondary N) is 1. The predicted octanol–water partition coefficient (Wildman–Crippen LogP) is 11.8. The number of unbranched alkanes of at least 4 members (excludes halogenated alkanes) is 31. The van der Waals surface area contributed by atoms with Crippen LogP contribution in [0.4, 0.5) is 0 Å². The van der Waals surface area contributed by atoms with Gasteiger partial charge in [-0.15, -0.1) is 0 Å². The summed E-state index contributed by atoms with van der Waals surface area (Å²) < 4.78 is 0. The monoisotopic (exact) mass is 724 g/mol. The predicted molar refractivity (Wildman–Crippen MR) is 219 cm³/mol. The summed E-state index contributed by atoms with van der Waals surface area (Å²) in [5.41, 5.74) is 0. The van der Waals surface area contributed by atoms with Crippen LogP contribution in [-0.4, -0.2) is 57.3 Å². The van der Waals surface area contributed by atoms with E-state index in [1.165, 1.54) is 186 Å². The van der Waals surface area contributed by atoms with Gasteiger partial charge in [-0.3, -0.25) is 4.79 Å². The largest absolute Gasteiger partial charge is 0.394 e. The van der Waals surface area contributed by atoms with Crippen LogP contribution in [0.5, 0.6) is 0 Å². The topological polar surface area (TPSA) is 110 Å². The van der Waals surface area contributed by atoms with Gasteiger partial charge in [-0.1, -0.05) is 238 Å². The molecule has 1 unspecified atom stereocenters. The summed E-state index contributed by atoms with van der Waals surface area (Å²) in [4.78, 5) is 12.5. The van der Waals surface area contributed by atoms with Crippen LogP contribution in [-0.2, 0) is 4.79 Å². The van der Waals surface area contributed by atoms with Crippen LogP contribution in [0, 0.1) is 0 Å². The Morgan fingerprint density at radius 3 is 1.06 bits per heavy atom. The average molecular weight is 724 g/mol. The molecule has 0 radical (unpaired) electrons. The fourth-order valence-electron chi connectivity index (χ4n) is 7.09. The van der Waals surface area contributed by atoms with Gasteiger partial charge in [0.15, 0.2) is 0 Å². The Morgan fingerprint density at radius 2 is 0.745 bits per heavy atom. The van der Waals surface area contributed by atoms with Crippen LogP contribution >= 0.6 is 0 Å². The molecule has 51 heavy (non-hydrogen) atoms. The maximum absolute atomic E-state index is 12.5. The first-order valence-electron chi connectivity index (χ1n) is 22.6. The van der Waals surface area contributed by atoms with Gasteiger partial charge in [0.25, 0.3) is 0 Å². The van der Waals surface area contributed by atoms with E-state index < -0.39 is 36.9 Å². The molecule has 0 spiro atoms. The normalized spacial score (nSPS) is 14.2. The fraction of sp³-hybridized carbons (Fsp3) is 0.933. The second kappa shape index (κ2) is 40.2. The Hall–Kier alpha value is -0.950. The molecule has 0 aromatic carbocycles. The van der Waals surface area contributed by atoms with Crippen molar-refractivity contribution in [1.82, 2.24) is 5.32 Å². The molecule has 0 rings (SSSR count). The zero-order chi connectivity index (χ0) is 37.5. The lowest BCUT2D eigenvalue weighted by molar-refractivity contribution is -0.131. The van der Waals surface area contributed by atoms with E-state index in [4.69, 9.17) is 0 Å². The van der Waals surface area contributed by atoms with Crippen molar-refractivity contribution in [1.29, 1.82) is 0 Å². The van der Waals surface area contributed by atoms with Gasteiger partial charge in [0.2, 0.25) is 5.91 Å². The van der Waals surface area contributed by atoms with Crippen molar-refractivity contribution in [2.75, 3.05) is 6.61 Å². The van der Waals surface area contributed by atoms with Gasteiger partial charge < -0.3 is 25.7 Å². The fourth-order valence-corrected chi connectivity index (χ4v) is 7.09. The number of carbonyl (C=O) groups is 1. The molecule has 0 aromatic heterocycles. The first-order chi connectivity index (χ1) is 25.0. The molecule has 6 heteroatoms. The quantitative estimate of drug-likeness (QED) is 0.0319. The second-order valence-corrected chi connectivity index (χ2v) is 15.8. The highest BCUT2D eigenvalue weighted by molar-refractivity contribution is 5.80. The van der Waals surface area contributed by atoms with Crippen molar-refractivity contribution in [2.24, 2.45) is 0 Å². The van der Waals surface area contributed by atoms with Crippen molar-refractivity contribution >= 4 is 5.91 Å². The summed E-state index contributed by atoms with van der Waals surface area (Å²) in [7, 11) is 0. The number of hydrogen-bond donors (Lipinski definition) is 5. The van der Waals surface area contributed by atoms with E-state index in [9.17, 15) is 25.2 Å². The molecule has 4 atom stereocenters. The molecule has 0 bridgehead atoms. The highest BCUT2D eigenvalue weighted by Gasteiger charge is 2.22. The van der Waals surface area contributed by atoms with Gasteiger partial charge in [-0.05, 0) is 12.8 Å². The average Bonchev–Trinajstić information content (AvgIpc) is 3.13. The van der Waals surface area contributed by atoms with Crippen molar-refractivity contribution < 1.29 is 25.2 Å². The summed E-state index contributed by atoms with van der Waals surface area (Å²) in [6, 6.07) is -0.915. The molecule has 0 saturated carbocycles. The minimum atomic E-state index is -1.15. The summed E-state index contributed by atoms with van der Waals surface area (Å²) in [5.74, 6) is -0.564. The van der Waals surface area contributed by atoms with Crippen molar-refractivity contribution in [3.05, 3.63) is 12.2 Å². The first kappa shape index (κ1) is 50.1. The number of carbonyl (C=O) groups excluding carboxylic acids is 1. The molecule has 5 N–H and O–H groups in total. The molecule has 304 valence electrons. The number of rotatable bonds is 41. The molecule has 0 fully saturated rings. The molecule has 0 aliphatic carbocycles. The third-order valence-corrected chi connectivity index (χ3v) is 10.7. The number of hydrogen-bond acceptors (Lipinski definition) is 5. The van der Waals surface area contributed by atoms with E-state index in [0.29, 0.717) is 12.8 Å². The van der Waals surface area contributed by atoms with Gasteiger partial charge in [-0.2, -0.15) is 0 Å². The molecule has 6 nitrogen and oxygen atoms in total. The zero-order valence-electron chi connectivity index (χ0n) is 34.1. The van der Waals surface area contributed by atoms with Crippen molar-refractivity contribution in [2.45, 2.75) is 263 Å². The highest BCUT2D eigenvalue weighted by Crippen LogP contribution is 2.17. The van der Waals surface area contributed by atoms with E-state index >= 15 is 0 Å². The van der Waals surface area contributed by atoms with Crippen LogP contribution in [0.15, 0.2) is 12.2 Å². The molecular formula is C45H89NO5. The molecule has 1 amide bonds. The molecule has 0 heterocycles. The summed E-state index contributed by atoms with van der Waals surface area (Å²) in [6.07, 6.45) is 44.1. The molecule has 0 aromatic rings. The summed E-state index contributed by atoms with van der Waals surface area (Å²) in [5, 5.41) is 43.3. The van der Waals surface area contributed by atoms with Crippen LogP contribution in [0.1, 0.15) is 239 Å². The van der Waals surface area contributed by atoms with Gasteiger partial charge in [0.05, 0.1) is 24.9 Å². The van der Waals surface area contributed by atoms with Crippen LogP contribution in [0.2, 0.25) is 0 Å². The Morgan fingerprint density at radius 1 is 0.451 bits per heavy atom. The third-order valence-electron chi connectivity index (χ3n) is 10.7. The lowest BCUT2D eigenvalue weighted by Gasteiger charge is -2.22. The highest BCUT2D eigenvalue weighted by atomic mass is 16.3. The van der Waals surface area contributed by atoms with E-state index in [2.05, 4.69) is 19.2 Å². The minimum absolute atomic E-state index is 0.382. The Labute approximate surface area is 317 Å². The van der Waals surface area contributed by atoms with Gasteiger partial charge in [0.1, 0.15) is 6.10 Å². The lowest BCUT2D eigenvalue weighted by Crippen LogP contribution is -2.48. The Bertz CT molecular complexity index is 731. The third kappa shape index (κ3) is 35.8. The SMILES string of the molecule is CCCCCCCCCCCCCCCCCCCCCCCCCC(O)C(=O)N[C@@H](CO)[C@H](O)/C=C/[C@H](O)CCCCCCCCCCCC. The van der Waals surface area contributed by atoms with Crippen LogP contribution in [0.3, 0.4) is 0 Å². The lowest BCUT2D eigenvalue weighted by atomic mass is 10.0. The number of aliphatic hydroxyl groups is 4. The maximum Gasteiger partial charge on any atom is 0.249 e. The number of aliphatic hydroxyl groups excluding tert-OH is 4. The van der Waals surface area contributed by atoms with Gasteiger partial charge >= 0.3 is 0 Å². The minimum Gasteiger partial charge on any atom is -0.394 e. The number of amides is 1. The Balaban J connectivity index is 3.67. The Kier molecular flexibility index (Phi) is 39.5. The smallest absolute Gasteiger partial charge is 0.249 e. The first-order valence-corrected chi connectivity index (χ1v) is 22.6.